The number of aryl methyl sites for hydroxylation is 1. The molecule has 0 amide bonds. The normalized spacial score (nSPS) is 13.3. The van der Waals surface area contributed by atoms with Gasteiger partial charge >= 0.3 is 0 Å². The van der Waals surface area contributed by atoms with E-state index in [1.54, 1.807) is 7.05 Å². The van der Waals surface area contributed by atoms with Gasteiger partial charge in [-0.2, -0.15) is 0 Å². The summed E-state index contributed by atoms with van der Waals surface area (Å²) in [7, 11) is 1.73. The second kappa shape index (κ2) is 4.37. The molecule has 0 fully saturated rings. The first-order valence-electron chi connectivity index (χ1n) is 4.30. The Morgan fingerprint density at radius 3 is 2.38 bits per heavy atom. The Kier molecular flexibility index (Phi) is 3.42. The number of aliphatic hydroxyl groups is 1. The average molecular weight is 180 g/mol. The van der Waals surface area contributed by atoms with Crippen LogP contribution in [0.4, 0.5) is 0 Å². The van der Waals surface area contributed by atoms with Gasteiger partial charge in [0, 0.05) is 13.6 Å². The SMILES string of the molecule is Cc1ccc(C(O)CN(C)N)cc1. The van der Waals surface area contributed by atoms with Gasteiger partial charge in [0.15, 0.2) is 0 Å². The summed E-state index contributed by atoms with van der Waals surface area (Å²) in [6.07, 6.45) is -0.504. The smallest absolute Gasteiger partial charge is 0.0930 e. The van der Waals surface area contributed by atoms with Crippen molar-refractivity contribution in [2.45, 2.75) is 13.0 Å². The molecule has 3 nitrogen and oxygen atoms in total. The van der Waals surface area contributed by atoms with Crippen molar-refractivity contribution < 1.29 is 5.11 Å². The molecule has 13 heavy (non-hydrogen) atoms. The highest BCUT2D eigenvalue weighted by molar-refractivity contribution is 5.23. The van der Waals surface area contributed by atoms with Crippen LogP contribution in [0.1, 0.15) is 17.2 Å². The minimum absolute atomic E-state index is 0.447. The first-order valence-corrected chi connectivity index (χ1v) is 4.30. The summed E-state index contributed by atoms with van der Waals surface area (Å²) in [5, 5.41) is 11.1. The molecular formula is C10H16N2O. The van der Waals surface area contributed by atoms with Crippen molar-refractivity contribution in [2.24, 2.45) is 5.84 Å². The number of hydrogen-bond acceptors (Lipinski definition) is 3. The molecule has 1 atom stereocenters. The predicted molar refractivity (Wildman–Crippen MR) is 53.0 cm³/mol. The Morgan fingerprint density at radius 2 is 1.92 bits per heavy atom. The Morgan fingerprint density at radius 1 is 1.38 bits per heavy atom. The largest absolute Gasteiger partial charge is 0.387 e. The zero-order chi connectivity index (χ0) is 9.84. The average Bonchev–Trinajstić information content (AvgIpc) is 2.04. The van der Waals surface area contributed by atoms with Crippen molar-refractivity contribution in [3.05, 3.63) is 35.4 Å². The number of aliphatic hydroxyl groups excluding tert-OH is 1. The van der Waals surface area contributed by atoms with E-state index in [0.717, 1.165) is 5.56 Å². The summed E-state index contributed by atoms with van der Waals surface area (Å²) in [4.78, 5) is 0. The van der Waals surface area contributed by atoms with Gasteiger partial charge in [0.1, 0.15) is 0 Å². The summed E-state index contributed by atoms with van der Waals surface area (Å²) < 4.78 is 0. The highest BCUT2D eigenvalue weighted by Gasteiger charge is 2.07. The lowest BCUT2D eigenvalue weighted by Gasteiger charge is -2.15. The van der Waals surface area contributed by atoms with E-state index in [9.17, 15) is 5.11 Å². The van der Waals surface area contributed by atoms with Crippen LogP contribution in [0.2, 0.25) is 0 Å². The van der Waals surface area contributed by atoms with Crippen LogP contribution >= 0.6 is 0 Å². The summed E-state index contributed by atoms with van der Waals surface area (Å²) in [5.74, 6) is 5.43. The maximum absolute atomic E-state index is 9.66. The van der Waals surface area contributed by atoms with Gasteiger partial charge in [0.05, 0.1) is 6.10 Å². The number of nitrogens with two attached hydrogens (primary N) is 1. The molecule has 1 rings (SSSR count). The maximum atomic E-state index is 9.66. The van der Waals surface area contributed by atoms with Gasteiger partial charge in [-0.1, -0.05) is 29.8 Å². The lowest BCUT2D eigenvalue weighted by atomic mass is 10.1. The Labute approximate surface area is 78.8 Å². The molecule has 0 aromatic heterocycles. The highest BCUT2D eigenvalue weighted by atomic mass is 16.3. The summed E-state index contributed by atoms with van der Waals surface area (Å²) in [6, 6.07) is 7.80. The maximum Gasteiger partial charge on any atom is 0.0930 e. The number of likely N-dealkylation sites (N-methyl/N-ethyl adjacent to an activating group) is 1. The highest BCUT2D eigenvalue weighted by Crippen LogP contribution is 2.13. The molecule has 0 saturated carbocycles. The summed E-state index contributed by atoms with van der Waals surface area (Å²) in [5.41, 5.74) is 2.10. The molecule has 0 aliphatic heterocycles. The summed E-state index contributed by atoms with van der Waals surface area (Å²) in [6.45, 7) is 2.47. The third kappa shape index (κ3) is 3.14. The third-order valence-electron chi connectivity index (χ3n) is 1.92. The van der Waals surface area contributed by atoms with E-state index in [0.29, 0.717) is 6.54 Å². The van der Waals surface area contributed by atoms with Gasteiger partial charge in [-0.15, -0.1) is 0 Å². The number of nitrogens with zero attached hydrogens (tertiary/aromatic N) is 1. The number of benzene rings is 1. The molecular weight excluding hydrogens is 164 g/mol. The van der Waals surface area contributed by atoms with E-state index >= 15 is 0 Å². The Bertz CT molecular complexity index is 256. The fourth-order valence-electron chi connectivity index (χ4n) is 1.17. The van der Waals surface area contributed by atoms with Gasteiger partial charge in [-0.3, -0.25) is 5.84 Å². The van der Waals surface area contributed by atoms with Crippen LogP contribution in [0.25, 0.3) is 0 Å². The Hall–Kier alpha value is -0.900. The van der Waals surface area contributed by atoms with E-state index in [1.165, 1.54) is 10.6 Å². The molecule has 1 aromatic rings. The third-order valence-corrected chi connectivity index (χ3v) is 1.92. The van der Waals surface area contributed by atoms with Crippen molar-refractivity contribution in [2.75, 3.05) is 13.6 Å². The fourth-order valence-corrected chi connectivity index (χ4v) is 1.17. The predicted octanol–water partition coefficient (Wildman–Crippen LogP) is 0.834. The molecule has 3 heteroatoms. The molecule has 1 aromatic carbocycles. The van der Waals surface area contributed by atoms with E-state index in [-0.39, 0.29) is 0 Å². The number of rotatable bonds is 3. The van der Waals surface area contributed by atoms with E-state index in [1.807, 2.05) is 31.2 Å². The van der Waals surface area contributed by atoms with Crippen molar-refractivity contribution in [3.63, 3.8) is 0 Å². The minimum atomic E-state index is -0.504. The van der Waals surface area contributed by atoms with Crippen LogP contribution in [0, 0.1) is 6.92 Å². The minimum Gasteiger partial charge on any atom is -0.387 e. The molecule has 1 unspecified atom stereocenters. The zero-order valence-electron chi connectivity index (χ0n) is 8.07. The molecule has 0 aliphatic rings. The van der Waals surface area contributed by atoms with E-state index in [2.05, 4.69) is 0 Å². The second-order valence-corrected chi connectivity index (χ2v) is 3.37. The molecule has 0 bridgehead atoms. The van der Waals surface area contributed by atoms with Crippen LogP contribution in [0.5, 0.6) is 0 Å². The number of hydrazine groups is 1. The van der Waals surface area contributed by atoms with E-state index in [4.69, 9.17) is 5.84 Å². The van der Waals surface area contributed by atoms with Crippen molar-refractivity contribution in [1.82, 2.24) is 5.01 Å². The van der Waals surface area contributed by atoms with Gasteiger partial charge in [-0.25, -0.2) is 5.01 Å². The Balaban J connectivity index is 2.66. The van der Waals surface area contributed by atoms with Crippen LogP contribution in [-0.4, -0.2) is 23.7 Å². The van der Waals surface area contributed by atoms with Gasteiger partial charge in [0.2, 0.25) is 0 Å². The topological polar surface area (TPSA) is 49.5 Å². The molecule has 72 valence electrons. The first-order chi connectivity index (χ1) is 6.09. The zero-order valence-corrected chi connectivity index (χ0v) is 8.07. The summed E-state index contributed by atoms with van der Waals surface area (Å²) >= 11 is 0. The van der Waals surface area contributed by atoms with Crippen LogP contribution in [0.15, 0.2) is 24.3 Å². The lowest BCUT2D eigenvalue weighted by Crippen LogP contribution is -2.30. The second-order valence-electron chi connectivity index (χ2n) is 3.37. The van der Waals surface area contributed by atoms with Gasteiger partial charge in [-0.05, 0) is 12.5 Å². The monoisotopic (exact) mass is 180 g/mol. The standard InChI is InChI=1S/C10H16N2O/c1-8-3-5-9(6-4-8)10(13)7-12(2)11/h3-6,10,13H,7,11H2,1-2H3. The van der Waals surface area contributed by atoms with Crippen molar-refractivity contribution in [1.29, 1.82) is 0 Å². The molecule has 0 heterocycles. The molecule has 0 aliphatic carbocycles. The quantitative estimate of drug-likeness (QED) is 0.535. The van der Waals surface area contributed by atoms with Gasteiger partial charge < -0.3 is 5.11 Å². The molecule has 0 radical (unpaired) electrons. The fraction of sp³-hybridized carbons (Fsp3) is 0.400. The molecule has 0 spiro atoms. The van der Waals surface area contributed by atoms with Crippen molar-refractivity contribution >= 4 is 0 Å². The molecule has 0 saturated heterocycles. The molecule has 3 N–H and O–H groups in total. The lowest BCUT2D eigenvalue weighted by molar-refractivity contribution is 0.127. The van der Waals surface area contributed by atoms with E-state index < -0.39 is 6.10 Å². The first kappa shape index (κ1) is 10.2. The van der Waals surface area contributed by atoms with Crippen molar-refractivity contribution in [3.8, 4) is 0 Å². The number of hydrogen-bond donors (Lipinski definition) is 2. The van der Waals surface area contributed by atoms with Crippen LogP contribution in [0.3, 0.4) is 0 Å². The van der Waals surface area contributed by atoms with Gasteiger partial charge in [0.25, 0.3) is 0 Å². The van der Waals surface area contributed by atoms with Crippen LogP contribution in [-0.2, 0) is 0 Å². The van der Waals surface area contributed by atoms with Crippen LogP contribution < -0.4 is 5.84 Å².